The van der Waals surface area contributed by atoms with Crippen LogP contribution in [0, 0.1) is 23.7 Å². The van der Waals surface area contributed by atoms with Crippen molar-refractivity contribution in [2.24, 2.45) is 23.7 Å². The zero-order valence-electron chi connectivity index (χ0n) is 14.4. The van der Waals surface area contributed by atoms with E-state index < -0.39 is 0 Å². The molecule has 2 unspecified atom stereocenters. The van der Waals surface area contributed by atoms with Gasteiger partial charge in [0.2, 0.25) is 0 Å². The van der Waals surface area contributed by atoms with Gasteiger partial charge < -0.3 is 5.32 Å². The summed E-state index contributed by atoms with van der Waals surface area (Å²) in [6.45, 7) is 20.8. The van der Waals surface area contributed by atoms with Gasteiger partial charge in [0.05, 0.1) is 0 Å². The highest BCUT2D eigenvalue weighted by molar-refractivity contribution is 7.19. The highest BCUT2D eigenvalue weighted by Crippen LogP contribution is 2.37. The summed E-state index contributed by atoms with van der Waals surface area (Å²) in [5.41, 5.74) is 0. The highest BCUT2D eigenvalue weighted by atomic mass is 31.0. The van der Waals surface area contributed by atoms with Crippen molar-refractivity contribution in [1.29, 1.82) is 0 Å². The number of hydrogen-bond acceptors (Lipinski definition) is 1. The second kappa shape index (κ2) is 7.72. The zero-order valence-corrected chi connectivity index (χ0v) is 16.7. The Balaban J connectivity index is 4.65. The standard InChI is InChI=1S/C16H37NP2/c1-11(2)15(18,12(3)4)9-17-10-16(19,13(5)6)14(7)8/h11-14,17H,9-10,18-19H2,1-8H3. The number of rotatable bonds is 8. The van der Waals surface area contributed by atoms with Crippen molar-refractivity contribution in [3.63, 3.8) is 0 Å². The first-order valence-corrected chi connectivity index (χ1v) is 8.92. The van der Waals surface area contributed by atoms with Crippen LogP contribution in [0.25, 0.3) is 0 Å². The quantitative estimate of drug-likeness (QED) is 0.654. The average molecular weight is 305 g/mol. The van der Waals surface area contributed by atoms with E-state index in [1.807, 2.05) is 0 Å². The molecule has 0 saturated heterocycles. The van der Waals surface area contributed by atoms with Crippen LogP contribution in [-0.4, -0.2) is 23.4 Å². The third-order valence-corrected chi connectivity index (χ3v) is 8.24. The van der Waals surface area contributed by atoms with Crippen LogP contribution >= 0.6 is 18.5 Å². The molecule has 0 aromatic carbocycles. The molecule has 0 saturated carbocycles. The van der Waals surface area contributed by atoms with E-state index in [1.165, 1.54) is 0 Å². The monoisotopic (exact) mass is 305 g/mol. The summed E-state index contributed by atoms with van der Waals surface area (Å²) in [6, 6.07) is 0. The maximum absolute atomic E-state index is 3.75. The summed E-state index contributed by atoms with van der Waals surface area (Å²) in [4.78, 5) is 0. The van der Waals surface area contributed by atoms with E-state index in [9.17, 15) is 0 Å². The molecular formula is C16H37NP2. The van der Waals surface area contributed by atoms with E-state index in [0.29, 0.717) is 34.0 Å². The summed E-state index contributed by atoms with van der Waals surface area (Å²) in [5.74, 6) is 2.67. The minimum Gasteiger partial charge on any atom is -0.315 e. The Hall–Kier alpha value is 0.820. The van der Waals surface area contributed by atoms with E-state index in [-0.39, 0.29) is 0 Å². The fraction of sp³-hybridized carbons (Fsp3) is 1.00. The molecule has 1 nitrogen and oxygen atoms in total. The van der Waals surface area contributed by atoms with Crippen molar-refractivity contribution in [3.8, 4) is 0 Å². The van der Waals surface area contributed by atoms with Gasteiger partial charge in [-0.1, -0.05) is 55.4 Å². The first-order chi connectivity index (χ1) is 8.48. The van der Waals surface area contributed by atoms with Crippen molar-refractivity contribution in [2.75, 3.05) is 13.1 Å². The van der Waals surface area contributed by atoms with E-state index in [4.69, 9.17) is 0 Å². The summed E-state index contributed by atoms with van der Waals surface area (Å²) in [6.07, 6.45) is 0. The Kier molecular flexibility index (Phi) is 8.06. The van der Waals surface area contributed by atoms with E-state index in [2.05, 4.69) is 79.2 Å². The fourth-order valence-electron chi connectivity index (χ4n) is 2.65. The maximum atomic E-state index is 3.75. The van der Waals surface area contributed by atoms with Crippen LogP contribution in [0.5, 0.6) is 0 Å². The summed E-state index contributed by atoms with van der Waals surface area (Å²) >= 11 is 0. The van der Waals surface area contributed by atoms with Crippen LogP contribution in [0.4, 0.5) is 0 Å². The van der Waals surface area contributed by atoms with E-state index >= 15 is 0 Å². The van der Waals surface area contributed by atoms with Crippen LogP contribution in [0.15, 0.2) is 0 Å². The Morgan fingerprint density at radius 1 is 0.632 bits per heavy atom. The molecule has 0 rings (SSSR count). The molecule has 19 heavy (non-hydrogen) atoms. The van der Waals surface area contributed by atoms with E-state index in [1.54, 1.807) is 0 Å². The van der Waals surface area contributed by atoms with Crippen molar-refractivity contribution in [1.82, 2.24) is 5.32 Å². The fourth-order valence-corrected chi connectivity index (χ4v) is 2.93. The second-order valence-corrected chi connectivity index (χ2v) is 9.60. The highest BCUT2D eigenvalue weighted by Gasteiger charge is 2.35. The third kappa shape index (κ3) is 4.94. The SMILES string of the molecule is CC(C)C(P)(CNCC(P)(C(C)C)C(C)C)C(C)C. The molecule has 2 atom stereocenters. The van der Waals surface area contributed by atoms with Gasteiger partial charge in [-0.05, 0) is 23.7 Å². The molecule has 0 radical (unpaired) electrons. The van der Waals surface area contributed by atoms with Crippen molar-refractivity contribution < 1.29 is 0 Å². The second-order valence-electron chi connectivity index (χ2n) is 7.45. The molecule has 0 bridgehead atoms. The largest absolute Gasteiger partial charge is 0.315 e. The van der Waals surface area contributed by atoms with Gasteiger partial charge in [-0.3, -0.25) is 0 Å². The third-order valence-electron chi connectivity index (χ3n) is 5.16. The Morgan fingerprint density at radius 3 is 1.00 bits per heavy atom. The lowest BCUT2D eigenvalue weighted by Gasteiger charge is -2.42. The molecule has 116 valence electrons. The number of hydrogen-bond donors (Lipinski definition) is 1. The molecule has 0 aliphatic rings. The molecule has 1 N–H and O–H groups in total. The van der Waals surface area contributed by atoms with Crippen LogP contribution in [0.3, 0.4) is 0 Å². The predicted molar refractivity (Wildman–Crippen MR) is 97.1 cm³/mol. The van der Waals surface area contributed by atoms with Gasteiger partial charge in [0, 0.05) is 23.4 Å². The van der Waals surface area contributed by atoms with Crippen molar-refractivity contribution in [2.45, 2.75) is 65.7 Å². The molecule has 0 aliphatic carbocycles. The topological polar surface area (TPSA) is 12.0 Å². The normalized spacial score (nSPS) is 14.2. The minimum absolute atomic E-state index is 0.291. The van der Waals surface area contributed by atoms with Gasteiger partial charge in [0.1, 0.15) is 0 Å². The lowest BCUT2D eigenvalue weighted by molar-refractivity contribution is 0.281. The Morgan fingerprint density at radius 2 is 0.842 bits per heavy atom. The predicted octanol–water partition coefficient (Wildman–Crippen LogP) is 4.43. The summed E-state index contributed by atoms with van der Waals surface area (Å²) in [5, 5.41) is 4.33. The van der Waals surface area contributed by atoms with Gasteiger partial charge in [0.25, 0.3) is 0 Å². The zero-order chi connectivity index (χ0) is 15.4. The average Bonchev–Trinajstić information content (AvgIpc) is 2.27. The van der Waals surface area contributed by atoms with E-state index in [0.717, 1.165) is 13.1 Å². The van der Waals surface area contributed by atoms with Gasteiger partial charge in [-0.2, -0.15) is 0 Å². The number of nitrogens with one attached hydrogen (secondary N) is 1. The Bertz CT molecular complexity index is 217. The van der Waals surface area contributed by atoms with Crippen molar-refractivity contribution >= 4 is 18.5 Å². The molecule has 0 amide bonds. The molecule has 0 fully saturated rings. The van der Waals surface area contributed by atoms with Crippen molar-refractivity contribution in [3.05, 3.63) is 0 Å². The van der Waals surface area contributed by atoms with Gasteiger partial charge in [-0.25, -0.2) is 0 Å². The molecular weight excluding hydrogens is 268 g/mol. The summed E-state index contributed by atoms with van der Waals surface area (Å²) in [7, 11) is 6.23. The van der Waals surface area contributed by atoms with Crippen LogP contribution in [-0.2, 0) is 0 Å². The van der Waals surface area contributed by atoms with Gasteiger partial charge in [-0.15, -0.1) is 18.5 Å². The van der Waals surface area contributed by atoms with Crippen LogP contribution in [0.1, 0.15) is 55.4 Å². The van der Waals surface area contributed by atoms with Gasteiger partial charge in [0.15, 0.2) is 0 Å². The molecule has 0 aromatic heterocycles. The minimum atomic E-state index is 0.291. The summed E-state index contributed by atoms with van der Waals surface area (Å²) < 4.78 is 0. The molecule has 3 heteroatoms. The lowest BCUT2D eigenvalue weighted by atomic mass is 9.82. The van der Waals surface area contributed by atoms with Gasteiger partial charge >= 0.3 is 0 Å². The first kappa shape index (κ1) is 19.8. The lowest BCUT2D eigenvalue weighted by Crippen LogP contribution is -2.50. The maximum Gasteiger partial charge on any atom is 0.00476 e. The molecule has 0 heterocycles. The molecule has 0 aromatic rings. The van der Waals surface area contributed by atoms with Crippen LogP contribution < -0.4 is 5.32 Å². The first-order valence-electron chi connectivity index (χ1n) is 7.77. The smallest absolute Gasteiger partial charge is 0.00476 e. The molecule has 0 spiro atoms. The van der Waals surface area contributed by atoms with Crippen LogP contribution in [0.2, 0.25) is 0 Å². The Labute approximate surface area is 126 Å². The molecule has 0 aliphatic heterocycles.